The normalized spacial score (nSPS) is 32.7. The molecule has 14 heavy (non-hydrogen) atoms. The predicted octanol–water partition coefficient (Wildman–Crippen LogP) is 2.02. The molecule has 4 nitrogen and oxygen atoms in total. The molecule has 1 rings (SSSR count). The van der Waals surface area contributed by atoms with Gasteiger partial charge in [-0.2, -0.15) is 0 Å². The number of rotatable bonds is 3. The lowest BCUT2D eigenvalue weighted by molar-refractivity contribution is -0.182. The number of cyclic esters (lactones) is 2. The summed E-state index contributed by atoms with van der Waals surface area (Å²) in [7, 11) is 0. The molecule has 2 atom stereocenters. The van der Waals surface area contributed by atoms with Crippen molar-refractivity contribution in [3.05, 3.63) is 11.2 Å². The van der Waals surface area contributed by atoms with Crippen LogP contribution in [0, 0.1) is 0 Å². The van der Waals surface area contributed by atoms with E-state index in [0.717, 1.165) is 5.41 Å². The highest BCUT2D eigenvalue weighted by Gasteiger charge is 2.46. The van der Waals surface area contributed by atoms with E-state index in [1.165, 1.54) is 6.92 Å². The minimum atomic E-state index is -1.23. The summed E-state index contributed by atoms with van der Waals surface area (Å²) in [6.07, 6.45) is -1.38. The fourth-order valence-electron chi connectivity index (χ4n) is 0.920. The molecule has 1 heterocycles. The van der Waals surface area contributed by atoms with Crippen LogP contribution in [-0.2, 0) is 14.2 Å². The zero-order valence-corrected chi connectivity index (χ0v) is 8.71. The van der Waals surface area contributed by atoms with E-state index in [9.17, 15) is 9.18 Å². The molecule has 1 aliphatic heterocycles. The molecule has 0 aromatic heterocycles. The summed E-state index contributed by atoms with van der Waals surface area (Å²) in [6, 6.07) is 0. The molecule has 0 N–H and O–H groups in total. The lowest BCUT2D eigenvalue weighted by atomic mass is 10.2. The van der Waals surface area contributed by atoms with E-state index >= 15 is 0 Å². The largest absolute Gasteiger partial charge is 0.511 e. The molecule has 0 radical (unpaired) electrons. The zero-order chi connectivity index (χ0) is 10.8. The first kappa shape index (κ1) is 11.3. The van der Waals surface area contributed by atoms with Crippen LogP contribution < -0.4 is 0 Å². The van der Waals surface area contributed by atoms with Gasteiger partial charge in [0.25, 0.3) is 5.79 Å². The Labute approximate surface area is 86.4 Å². The van der Waals surface area contributed by atoms with E-state index in [2.05, 4.69) is 12.6 Å². The van der Waals surface area contributed by atoms with Crippen molar-refractivity contribution in [2.24, 2.45) is 0 Å². The number of hydrogen-bond donors (Lipinski definition) is 1. The van der Waals surface area contributed by atoms with Crippen LogP contribution in [0.1, 0.15) is 13.8 Å². The summed E-state index contributed by atoms with van der Waals surface area (Å²) in [4.78, 5) is 10.7. The van der Waals surface area contributed by atoms with E-state index in [0.29, 0.717) is 0 Å². The first-order valence-electron chi connectivity index (χ1n) is 4.00. The average Bonchev–Trinajstić information content (AvgIpc) is 2.37. The van der Waals surface area contributed by atoms with Crippen molar-refractivity contribution in [2.45, 2.75) is 25.7 Å². The molecule has 0 aromatic rings. The maximum atomic E-state index is 12.7. The third-order valence-corrected chi connectivity index (χ3v) is 2.21. The maximum absolute atomic E-state index is 12.7. The minimum Gasteiger partial charge on any atom is -0.424 e. The second-order valence-electron chi connectivity index (χ2n) is 2.99. The quantitative estimate of drug-likeness (QED) is 0.586. The van der Waals surface area contributed by atoms with Crippen LogP contribution >= 0.6 is 12.6 Å². The number of carbonyl (C=O) groups excluding carboxylic acids is 1. The lowest BCUT2D eigenvalue weighted by Gasteiger charge is -2.23. The third-order valence-electron chi connectivity index (χ3n) is 1.93. The van der Waals surface area contributed by atoms with Crippen molar-refractivity contribution in [1.82, 2.24) is 0 Å². The Hall–Kier alpha value is -0.750. The van der Waals surface area contributed by atoms with Gasteiger partial charge in [-0.25, -0.2) is 9.18 Å². The summed E-state index contributed by atoms with van der Waals surface area (Å²) in [5, 5.41) is 0.978. The van der Waals surface area contributed by atoms with Crippen molar-refractivity contribution in [3.8, 4) is 0 Å². The standard InChI is InChI=1S/C8H11FO4S/c1-5-8(2,13-7(10)12-5)11-3-6(9)4-14/h4-5,14H,3H2,1-2H3/b6-4+. The van der Waals surface area contributed by atoms with Gasteiger partial charge in [0.1, 0.15) is 12.4 Å². The van der Waals surface area contributed by atoms with E-state index in [1.807, 2.05) is 0 Å². The Balaban J connectivity index is 2.54. The number of halogens is 1. The van der Waals surface area contributed by atoms with Crippen LogP contribution in [0.25, 0.3) is 0 Å². The van der Waals surface area contributed by atoms with Gasteiger partial charge < -0.3 is 14.2 Å². The SMILES string of the molecule is CC1OC(=O)OC1(C)OC/C(F)=C\S. The lowest BCUT2D eigenvalue weighted by Crippen LogP contribution is -2.38. The molecule has 0 spiro atoms. The van der Waals surface area contributed by atoms with Crippen LogP contribution in [0.15, 0.2) is 11.2 Å². The smallest absolute Gasteiger partial charge is 0.424 e. The number of thiol groups is 1. The first-order chi connectivity index (χ1) is 6.48. The Morgan fingerprint density at radius 1 is 1.86 bits per heavy atom. The molecule has 0 bridgehead atoms. The highest BCUT2D eigenvalue weighted by molar-refractivity contribution is 7.83. The van der Waals surface area contributed by atoms with Gasteiger partial charge in [-0.3, -0.25) is 0 Å². The van der Waals surface area contributed by atoms with Gasteiger partial charge in [0, 0.05) is 12.3 Å². The van der Waals surface area contributed by atoms with Crippen LogP contribution in [-0.4, -0.2) is 24.7 Å². The maximum Gasteiger partial charge on any atom is 0.511 e. The highest BCUT2D eigenvalue weighted by atomic mass is 32.1. The van der Waals surface area contributed by atoms with Gasteiger partial charge in [0.15, 0.2) is 6.10 Å². The summed E-state index contributed by atoms with van der Waals surface area (Å²) < 4.78 is 27.2. The van der Waals surface area contributed by atoms with Crippen LogP contribution in [0.2, 0.25) is 0 Å². The van der Waals surface area contributed by atoms with Gasteiger partial charge in [0.05, 0.1) is 0 Å². The van der Waals surface area contributed by atoms with Crippen molar-refractivity contribution in [2.75, 3.05) is 6.61 Å². The van der Waals surface area contributed by atoms with E-state index in [-0.39, 0.29) is 6.61 Å². The molecule has 0 amide bonds. The van der Waals surface area contributed by atoms with E-state index < -0.39 is 23.9 Å². The monoisotopic (exact) mass is 222 g/mol. The Kier molecular flexibility index (Phi) is 3.38. The van der Waals surface area contributed by atoms with Gasteiger partial charge in [-0.1, -0.05) is 0 Å². The van der Waals surface area contributed by atoms with E-state index in [4.69, 9.17) is 14.2 Å². The minimum absolute atomic E-state index is 0.305. The Morgan fingerprint density at radius 3 is 2.93 bits per heavy atom. The van der Waals surface area contributed by atoms with Crippen LogP contribution in [0.4, 0.5) is 9.18 Å². The van der Waals surface area contributed by atoms with Crippen molar-refractivity contribution < 1.29 is 23.4 Å². The number of hydrogen-bond acceptors (Lipinski definition) is 5. The molecular weight excluding hydrogens is 211 g/mol. The van der Waals surface area contributed by atoms with Crippen molar-refractivity contribution >= 4 is 18.8 Å². The fraction of sp³-hybridized carbons (Fsp3) is 0.625. The van der Waals surface area contributed by atoms with Gasteiger partial charge in [0.2, 0.25) is 0 Å². The summed E-state index contributed by atoms with van der Waals surface area (Å²) in [5.41, 5.74) is 0. The van der Waals surface area contributed by atoms with Gasteiger partial charge in [-0.05, 0) is 6.92 Å². The van der Waals surface area contributed by atoms with E-state index in [1.54, 1.807) is 6.92 Å². The summed E-state index contributed by atoms with van der Waals surface area (Å²) >= 11 is 3.60. The summed E-state index contributed by atoms with van der Waals surface area (Å²) in [5.74, 6) is -1.78. The average molecular weight is 222 g/mol. The fourth-order valence-corrected chi connectivity index (χ4v) is 0.995. The zero-order valence-electron chi connectivity index (χ0n) is 7.82. The second-order valence-corrected chi connectivity index (χ2v) is 3.25. The molecule has 0 aliphatic carbocycles. The predicted molar refractivity (Wildman–Crippen MR) is 49.6 cm³/mol. The highest BCUT2D eigenvalue weighted by Crippen LogP contribution is 2.28. The number of ether oxygens (including phenoxy) is 3. The molecule has 0 saturated carbocycles. The second kappa shape index (κ2) is 4.18. The molecular formula is C8H11FO4S. The molecule has 0 aromatic carbocycles. The molecule has 1 fully saturated rings. The Morgan fingerprint density at radius 2 is 2.50 bits per heavy atom. The Bertz CT molecular complexity index is 268. The third kappa shape index (κ3) is 2.39. The molecule has 6 heteroatoms. The first-order valence-corrected chi connectivity index (χ1v) is 4.52. The van der Waals surface area contributed by atoms with Gasteiger partial charge >= 0.3 is 6.16 Å². The molecule has 2 unspecified atom stereocenters. The molecule has 80 valence electrons. The molecule has 1 aliphatic rings. The van der Waals surface area contributed by atoms with Crippen LogP contribution in [0.3, 0.4) is 0 Å². The molecule has 1 saturated heterocycles. The van der Waals surface area contributed by atoms with Gasteiger partial charge in [-0.15, -0.1) is 12.6 Å². The van der Waals surface area contributed by atoms with Crippen molar-refractivity contribution in [1.29, 1.82) is 0 Å². The van der Waals surface area contributed by atoms with Crippen LogP contribution in [0.5, 0.6) is 0 Å². The summed E-state index contributed by atoms with van der Waals surface area (Å²) in [6.45, 7) is 2.81. The van der Waals surface area contributed by atoms with Crippen molar-refractivity contribution in [3.63, 3.8) is 0 Å². The number of carbonyl (C=O) groups is 1. The topological polar surface area (TPSA) is 44.8 Å².